The number of benzene rings is 1. The van der Waals surface area contributed by atoms with Crippen molar-refractivity contribution in [3.05, 3.63) is 55.1 Å². The van der Waals surface area contributed by atoms with Gasteiger partial charge in [0, 0.05) is 0 Å². The number of non-ortho nitro benzene ring substituents is 1. The van der Waals surface area contributed by atoms with Crippen molar-refractivity contribution >= 4 is 22.7 Å². The molecule has 13 nitrogen and oxygen atoms in total. The molecule has 108 valence electrons. The number of nitrogens with one attached hydrogen (secondary N) is 1. The Morgan fingerprint density at radius 1 is 1.00 bits per heavy atom. The number of rotatable bonds is 5. The van der Waals surface area contributed by atoms with Crippen LogP contribution in [0.15, 0.2) is 24.8 Å². The monoisotopic (exact) mass is 295 g/mol. The third kappa shape index (κ3) is 2.70. The minimum atomic E-state index is -0.973. The van der Waals surface area contributed by atoms with Crippen molar-refractivity contribution in [1.29, 1.82) is 0 Å². The minimum Gasteiger partial charge on any atom is -0.264 e. The second kappa shape index (κ2) is 5.16. The number of aromatic nitrogens is 3. The van der Waals surface area contributed by atoms with Gasteiger partial charge in [-0.1, -0.05) is 0 Å². The number of hydrogen-bond acceptors (Lipinski definition) is 9. The van der Waals surface area contributed by atoms with Crippen LogP contribution in [0.5, 0.6) is 0 Å². The average Bonchev–Trinajstić information content (AvgIpc) is 2.90. The highest BCUT2D eigenvalue weighted by molar-refractivity contribution is 5.76. The van der Waals surface area contributed by atoms with Gasteiger partial charge in [0.15, 0.2) is 0 Å². The molecule has 0 atom stereocenters. The maximum Gasteiger partial charge on any atom is 0.308 e. The van der Waals surface area contributed by atoms with Crippen LogP contribution >= 0.6 is 0 Å². The van der Waals surface area contributed by atoms with E-state index in [2.05, 4.69) is 15.5 Å². The summed E-state index contributed by atoms with van der Waals surface area (Å²) in [6, 6.07) is 1.23. The van der Waals surface area contributed by atoms with Crippen LogP contribution in [-0.4, -0.2) is 29.6 Å². The summed E-state index contributed by atoms with van der Waals surface area (Å²) in [4.78, 5) is 34.2. The molecule has 0 spiro atoms. The van der Waals surface area contributed by atoms with E-state index in [0.717, 1.165) is 17.4 Å². The van der Waals surface area contributed by atoms with E-state index >= 15 is 0 Å². The molecule has 21 heavy (non-hydrogen) atoms. The van der Waals surface area contributed by atoms with Crippen LogP contribution < -0.4 is 5.43 Å². The lowest BCUT2D eigenvalue weighted by Crippen LogP contribution is -2.13. The molecule has 0 unspecified atom stereocenters. The SMILES string of the molecule is O=[N+]([O-])c1cc([N+](=O)[O-])c(Nn2cncn2)c([N+](=O)[O-])c1. The summed E-state index contributed by atoms with van der Waals surface area (Å²) in [6.07, 6.45) is 2.20. The van der Waals surface area contributed by atoms with Crippen molar-refractivity contribution < 1.29 is 14.8 Å². The van der Waals surface area contributed by atoms with Gasteiger partial charge in [-0.2, -0.15) is 4.79 Å². The number of anilines is 1. The van der Waals surface area contributed by atoms with E-state index in [1.54, 1.807) is 0 Å². The van der Waals surface area contributed by atoms with Gasteiger partial charge in [0.1, 0.15) is 12.7 Å². The molecule has 0 aliphatic rings. The molecule has 2 rings (SSSR count). The molecular formula is C8H5N7O6. The Balaban J connectivity index is 2.66. The Hall–Kier alpha value is -3.64. The Kier molecular flexibility index (Phi) is 3.38. The largest absolute Gasteiger partial charge is 0.308 e. The zero-order chi connectivity index (χ0) is 15.6. The molecule has 0 bridgehead atoms. The fourth-order valence-corrected chi connectivity index (χ4v) is 1.49. The first-order valence-electron chi connectivity index (χ1n) is 5.13. The molecule has 1 heterocycles. The molecule has 0 saturated carbocycles. The van der Waals surface area contributed by atoms with Gasteiger partial charge in [-0.25, -0.2) is 4.98 Å². The topological polar surface area (TPSA) is 172 Å². The van der Waals surface area contributed by atoms with Crippen LogP contribution in [0.2, 0.25) is 0 Å². The van der Waals surface area contributed by atoms with E-state index in [1.807, 2.05) is 0 Å². The second-order valence-corrected chi connectivity index (χ2v) is 3.58. The van der Waals surface area contributed by atoms with Gasteiger partial charge >= 0.3 is 11.4 Å². The highest BCUT2D eigenvalue weighted by Crippen LogP contribution is 2.38. The van der Waals surface area contributed by atoms with Crippen molar-refractivity contribution in [1.82, 2.24) is 14.9 Å². The third-order valence-electron chi connectivity index (χ3n) is 2.33. The zero-order valence-electron chi connectivity index (χ0n) is 9.94. The molecule has 0 fully saturated rings. The van der Waals surface area contributed by atoms with Crippen molar-refractivity contribution in [2.24, 2.45) is 0 Å². The van der Waals surface area contributed by atoms with Crippen molar-refractivity contribution in [3.63, 3.8) is 0 Å². The van der Waals surface area contributed by atoms with Gasteiger partial charge in [0.2, 0.25) is 5.69 Å². The summed E-state index contributed by atoms with van der Waals surface area (Å²) in [5.74, 6) is 0. The molecule has 1 aromatic heterocycles. The smallest absolute Gasteiger partial charge is 0.264 e. The van der Waals surface area contributed by atoms with Crippen molar-refractivity contribution in [2.75, 3.05) is 5.43 Å². The summed E-state index contributed by atoms with van der Waals surface area (Å²) in [5.41, 5.74) is -0.675. The van der Waals surface area contributed by atoms with Crippen molar-refractivity contribution in [3.8, 4) is 0 Å². The average molecular weight is 295 g/mol. The molecule has 0 amide bonds. The predicted molar refractivity (Wildman–Crippen MR) is 65.4 cm³/mol. The summed E-state index contributed by atoms with van der Waals surface area (Å²) < 4.78 is 0. The quantitative estimate of drug-likeness (QED) is 0.620. The molecule has 2 aromatic rings. The van der Waals surface area contributed by atoms with Crippen molar-refractivity contribution in [2.45, 2.75) is 0 Å². The predicted octanol–water partition coefficient (Wildman–Crippen LogP) is 0.878. The third-order valence-corrected chi connectivity index (χ3v) is 2.33. The van der Waals surface area contributed by atoms with E-state index in [0.29, 0.717) is 12.1 Å². The first-order chi connectivity index (χ1) is 9.90. The molecular weight excluding hydrogens is 290 g/mol. The van der Waals surface area contributed by atoms with E-state index in [9.17, 15) is 30.3 Å². The summed E-state index contributed by atoms with van der Waals surface area (Å²) in [7, 11) is 0. The molecule has 0 aliphatic heterocycles. The molecule has 13 heteroatoms. The molecule has 0 aliphatic carbocycles. The Morgan fingerprint density at radius 3 is 1.95 bits per heavy atom. The molecule has 1 N–H and O–H groups in total. The zero-order valence-corrected chi connectivity index (χ0v) is 9.94. The van der Waals surface area contributed by atoms with Gasteiger partial charge in [-0.15, -0.1) is 5.10 Å². The summed E-state index contributed by atoms with van der Waals surface area (Å²) in [5, 5.41) is 36.2. The number of hydrogen-bond donors (Lipinski definition) is 1. The van der Waals surface area contributed by atoms with Gasteiger partial charge in [-0.05, 0) is 0 Å². The van der Waals surface area contributed by atoms with Crippen LogP contribution in [0, 0.1) is 30.3 Å². The van der Waals surface area contributed by atoms with Gasteiger partial charge < -0.3 is 0 Å². The summed E-state index contributed by atoms with van der Waals surface area (Å²) >= 11 is 0. The first kappa shape index (κ1) is 13.8. The van der Waals surface area contributed by atoms with Crippen LogP contribution in [0.1, 0.15) is 0 Å². The Labute approximate surface area is 114 Å². The highest BCUT2D eigenvalue weighted by atomic mass is 16.6. The van der Waals surface area contributed by atoms with Crippen LogP contribution in [0.25, 0.3) is 0 Å². The Morgan fingerprint density at radius 2 is 1.57 bits per heavy atom. The summed E-state index contributed by atoms with van der Waals surface area (Å²) in [6.45, 7) is 0. The highest BCUT2D eigenvalue weighted by Gasteiger charge is 2.31. The fourth-order valence-electron chi connectivity index (χ4n) is 1.49. The fraction of sp³-hybridized carbons (Fsp3) is 0. The van der Waals surface area contributed by atoms with Crippen LogP contribution in [0.4, 0.5) is 22.7 Å². The number of nitro benzene ring substituents is 3. The Bertz CT molecular complexity index is 692. The molecule has 1 aromatic carbocycles. The lowest BCUT2D eigenvalue weighted by atomic mass is 10.2. The van der Waals surface area contributed by atoms with E-state index < -0.39 is 37.5 Å². The number of nitro groups is 3. The standard InChI is InChI=1S/C8H5N7O6/c16-13(17)5-1-6(14(18)19)8(7(2-5)15(20)21)11-12-4-9-3-10-12/h1-4,11H. The van der Waals surface area contributed by atoms with Gasteiger partial charge in [-0.3, -0.25) is 35.8 Å². The minimum absolute atomic E-state index is 0.541. The lowest BCUT2D eigenvalue weighted by Gasteiger charge is -2.06. The number of nitrogens with zero attached hydrogens (tertiary/aromatic N) is 6. The lowest BCUT2D eigenvalue weighted by molar-refractivity contribution is -0.401. The van der Waals surface area contributed by atoms with E-state index in [-0.39, 0.29) is 0 Å². The maximum atomic E-state index is 11.0. The maximum absolute atomic E-state index is 11.0. The molecule has 0 saturated heterocycles. The van der Waals surface area contributed by atoms with Crippen LogP contribution in [-0.2, 0) is 0 Å². The van der Waals surface area contributed by atoms with Gasteiger partial charge in [0.25, 0.3) is 5.69 Å². The normalized spacial score (nSPS) is 10.1. The first-order valence-corrected chi connectivity index (χ1v) is 5.13. The van der Waals surface area contributed by atoms with Gasteiger partial charge in [0.05, 0.1) is 26.9 Å². The van der Waals surface area contributed by atoms with Crippen LogP contribution in [0.3, 0.4) is 0 Å². The molecule has 0 radical (unpaired) electrons. The van der Waals surface area contributed by atoms with E-state index in [1.165, 1.54) is 0 Å². The second-order valence-electron chi connectivity index (χ2n) is 3.58. The van der Waals surface area contributed by atoms with E-state index in [4.69, 9.17) is 0 Å².